The van der Waals surface area contributed by atoms with Crippen molar-refractivity contribution < 1.29 is 17.9 Å². The second-order valence-electron chi connectivity index (χ2n) is 6.37. The molecule has 0 aliphatic rings. The van der Waals surface area contributed by atoms with Gasteiger partial charge >= 0.3 is 0 Å². The molecular weight excluding hydrogens is 408 g/mol. The Hall–Kier alpha value is -2.68. The van der Waals surface area contributed by atoms with E-state index >= 15 is 0 Å². The van der Waals surface area contributed by atoms with Gasteiger partial charge in [-0.1, -0.05) is 30.3 Å². The summed E-state index contributed by atoms with van der Waals surface area (Å²) in [5.41, 5.74) is 2.16. The van der Waals surface area contributed by atoms with E-state index in [2.05, 4.69) is 5.32 Å². The lowest BCUT2D eigenvalue weighted by atomic mass is 10.1. The van der Waals surface area contributed by atoms with Gasteiger partial charge in [-0.05, 0) is 42.1 Å². The van der Waals surface area contributed by atoms with Gasteiger partial charge in [0, 0.05) is 25.3 Å². The zero-order chi connectivity index (χ0) is 21.0. The van der Waals surface area contributed by atoms with Crippen molar-refractivity contribution in [2.24, 2.45) is 0 Å². The van der Waals surface area contributed by atoms with Crippen LogP contribution in [0.15, 0.2) is 64.9 Å². The average Bonchev–Trinajstić information content (AvgIpc) is 3.20. The monoisotopic (exact) mass is 430 g/mol. The van der Waals surface area contributed by atoms with Gasteiger partial charge in [-0.2, -0.15) is 0 Å². The number of carbonyl (C=O) groups excluding carboxylic acids is 1. The highest BCUT2D eigenvalue weighted by Gasteiger charge is 2.24. The van der Waals surface area contributed by atoms with Gasteiger partial charge in [-0.15, -0.1) is 11.3 Å². The summed E-state index contributed by atoms with van der Waals surface area (Å²) in [7, 11) is -0.828. The Balaban J connectivity index is 1.94. The van der Waals surface area contributed by atoms with E-state index < -0.39 is 10.0 Å². The minimum atomic E-state index is -3.73. The molecule has 6 nitrogen and oxygen atoms in total. The Morgan fingerprint density at radius 2 is 1.83 bits per heavy atom. The number of carbonyl (C=O) groups is 1. The maximum atomic E-state index is 12.9. The summed E-state index contributed by atoms with van der Waals surface area (Å²) in [5, 5.41) is 4.67. The first-order chi connectivity index (χ1) is 13.8. The number of sulfonamides is 1. The molecule has 152 valence electrons. The SMILES string of the molecule is CCOc1ccc(NC(=O)c2sccc2-c2ccccc2)cc1S(=O)(=O)N(C)C. The second kappa shape index (κ2) is 8.77. The van der Waals surface area contributed by atoms with Crippen LogP contribution in [0.3, 0.4) is 0 Å². The summed E-state index contributed by atoms with van der Waals surface area (Å²) >= 11 is 1.33. The Bertz CT molecular complexity index is 1110. The molecule has 1 heterocycles. The van der Waals surface area contributed by atoms with Gasteiger partial charge in [0.25, 0.3) is 5.91 Å². The van der Waals surface area contributed by atoms with E-state index in [0.29, 0.717) is 17.2 Å². The highest BCUT2D eigenvalue weighted by Crippen LogP contribution is 2.31. The van der Waals surface area contributed by atoms with Crippen molar-refractivity contribution in [3.05, 3.63) is 64.9 Å². The molecule has 29 heavy (non-hydrogen) atoms. The predicted octanol–water partition coefficient (Wildman–Crippen LogP) is 4.32. The normalized spacial score (nSPS) is 11.4. The fraction of sp³-hybridized carbons (Fsp3) is 0.190. The molecule has 2 aromatic carbocycles. The van der Waals surface area contributed by atoms with Crippen LogP contribution in [0.1, 0.15) is 16.6 Å². The zero-order valence-electron chi connectivity index (χ0n) is 16.4. The van der Waals surface area contributed by atoms with E-state index in [0.717, 1.165) is 15.4 Å². The highest BCUT2D eigenvalue weighted by molar-refractivity contribution is 7.89. The molecule has 0 spiro atoms. The second-order valence-corrected chi connectivity index (χ2v) is 9.40. The van der Waals surface area contributed by atoms with E-state index in [4.69, 9.17) is 4.74 Å². The van der Waals surface area contributed by atoms with Crippen LogP contribution in [0, 0.1) is 0 Å². The van der Waals surface area contributed by atoms with Crippen LogP contribution in [-0.2, 0) is 10.0 Å². The molecule has 8 heteroatoms. The molecular formula is C21H22N2O4S2. The van der Waals surface area contributed by atoms with Crippen LogP contribution in [0.2, 0.25) is 0 Å². The molecule has 3 rings (SSSR count). The molecule has 0 aliphatic heterocycles. The number of amides is 1. The maximum absolute atomic E-state index is 12.9. The maximum Gasteiger partial charge on any atom is 0.266 e. The number of rotatable bonds is 7. The summed E-state index contributed by atoms with van der Waals surface area (Å²) < 4.78 is 31.9. The fourth-order valence-corrected chi connectivity index (χ4v) is 4.64. The van der Waals surface area contributed by atoms with Gasteiger partial charge < -0.3 is 10.1 Å². The smallest absolute Gasteiger partial charge is 0.266 e. The van der Waals surface area contributed by atoms with E-state index in [9.17, 15) is 13.2 Å². The highest BCUT2D eigenvalue weighted by atomic mass is 32.2. The van der Waals surface area contributed by atoms with Crippen molar-refractivity contribution in [3.8, 4) is 16.9 Å². The Kier molecular flexibility index (Phi) is 6.36. The minimum Gasteiger partial charge on any atom is -0.492 e. The summed E-state index contributed by atoms with van der Waals surface area (Å²) in [6.45, 7) is 2.11. The Labute approximate surface area is 174 Å². The van der Waals surface area contributed by atoms with Crippen molar-refractivity contribution in [2.75, 3.05) is 26.0 Å². The van der Waals surface area contributed by atoms with Crippen molar-refractivity contribution in [1.82, 2.24) is 4.31 Å². The molecule has 0 aliphatic carbocycles. The molecule has 0 atom stereocenters. The number of hydrogen-bond donors (Lipinski definition) is 1. The van der Waals surface area contributed by atoms with Crippen LogP contribution in [-0.4, -0.2) is 39.3 Å². The Morgan fingerprint density at radius 1 is 1.10 bits per heavy atom. The van der Waals surface area contributed by atoms with E-state index in [-0.39, 0.29) is 16.6 Å². The molecule has 1 N–H and O–H groups in total. The minimum absolute atomic E-state index is 0.0108. The first kappa shape index (κ1) is 21.0. The third kappa shape index (κ3) is 4.50. The van der Waals surface area contributed by atoms with Crippen molar-refractivity contribution in [1.29, 1.82) is 0 Å². The number of anilines is 1. The number of hydrogen-bond acceptors (Lipinski definition) is 5. The van der Waals surface area contributed by atoms with Crippen LogP contribution in [0.5, 0.6) is 5.75 Å². The number of ether oxygens (including phenoxy) is 1. The summed E-state index contributed by atoms with van der Waals surface area (Å²) in [4.78, 5) is 13.5. The van der Waals surface area contributed by atoms with Crippen molar-refractivity contribution in [3.63, 3.8) is 0 Å². The standard InChI is InChI=1S/C21H22N2O4S2/c1-4-27-18-11-10-16(14-19(18)29(25,26)23(2)3)22-21(24)20-17(12-13-28-20)15-8-6-5-7-9-15/h5-14H,4H2,1-3H3,(H,22,24). The first-order valence-electron chi connectivity index (χ1n) is 8.98. The van der Waals surface area contributed by atoms with Crippen LogP contribution >= 0.6 is 11.3 Å². The van der Waals surface area contributed by atoms with E-state index in [1.807, 2.05) is 41.8 Å². The summed E-state index contributed by atoms with van der Waals surface area (Å²) in [5.74, 6) is -0.0449. The lowest BCUT2D eigenvalue weighted by molar-refractivity contribution is 0.103. The number of benzene rings is 2. The largest absolute Gasteiger partial charge is 0.492 e. The lowest BCUT2D eigenvalue weighted by Gasteiger charge is -2.16. The van der Waals surface area contributed by atoms with Crippen molar-refractivity contribution >= 4 is 33.0 Å². The fourth-order valence-electron chi connectivity index (χ4n) is 2.78. The van der Waals surface area contributed by atoms with Crippen molar-refractivity contribution in [2.45, 2.75) is 11.8 Å². The van der Waals surface area contributed by atoms with Gasteiger partial charge in [0.2, 0.25) is 10.0 Å². The molecule has 0 fully saturated rings. The summed E-state index contributed by atoms with van der Waals surface area (Å²) in [6.07, 6.45) is 0. The molecule has 0 unspecified atom stereocenters. The predicted molar refractivity (Wildman–Crippen MR) is 116 cm³/mol. The Morgan fingerprint density at radius 3 is 2.48 bits per heavy atom. The van der Waals surface area contributed by atoms with Crippen LogP contribution in [0.25, 0.3) is 11.1 Å². The lowest BCUT2D eigenvalue weighted by Crippen LogP contribution is -2.23. The third-order valence-corrected chi connectivity index (χ3v) is 6.97. The van der Waals surface area contributed by atoms with Gasteiger partial charge in [0.15, 0.2) is 0 Å². The number of nitrogens with zero attached hydrogens (tertiary/aromatic N) is 1. The summed E-state index contributed by atoms with van der Waals surface area (Å²) in [6, 6.07) is 16.1. The quantitative estimate of drug-likeness (QED) is 0.606. The molecule has 3 aromatic rings. The molecule has 1 amide bonds. The topological polar surface area (TPSA) is 75.7 Å². The number of thiophene rings is 1. The molecule has 0 saturated heterocycles. The first-order valence-corrected chi connectivity index (χ1v) is 11.3. The van der Waals surface area contributed by atoms with Crippen LogP contribution in [0.4, 0.5) is 5.69 Å². The number of nitrogens with one attached hydrogen (secondary N) is 1. The van der Waals surface area contributed by atoms with Gasteiger partial charge in [-0.3, -0.25) is 4.79 Å². The van der Waals surface area contributed by atoms with Gasteiger partial charge in [-0.25, -0.2) is 12.7 Å². The zero-order valence-corrected chi connectivity index (χ0v) is 18.0. The molecule has 1 aromatic heterocycles. The average molecular weight is 431 g/mol. The molecule has 0 radical (unpaired) electrons. The van der Waals surface area contributed by atoms with Crippen LogP contribution < -0.4 is 10.1 Å². The van der Waals surface area contributed by atoms with Gasteiger partial charge in [0.1, 0.15) is 10.6 Å². The van der Waals surface area contributed by atoms with E-state index in [1.54, 1.807) is 19.1 Å². The molecule has 0 bridgehead atoms. The molecule has 0 saturated carbocycles. The third-order valence-electron chi connectivity index (χ3n) is 4.22. The van der Waals surface area contributed by atoms with Gasteiger partial charge in [0.05, 0.1) is 11.5 Å². The van der Waals surface area contributed by atoms with E-state index in [1.165, 1.54) is 31.5 Å².